The van der Waals surface area contributed by atoms with E-state index in [-0.39, 0.29) is 12.2 Å². The Morgan fingerprint density at radius 3 is 2.15 bits per heavy atom. The first-order valence-electron chi connectivity index (χ1n) is 8.31. The van der Waals surface area contributed by atoms with Crippen LogP contribution < -0.4 is 15.4 Å². The van der Waals surface area contributed by atoms with Crippen molar-refractivity contribution >= 4 is 27.3 Å². The van der Waals surface area contributed by atoms with Gasteiger partial charge in [-0.2, -0.15) is 0 Å². The lowest BCUT2D eigenvalue weighted by Crippen LogP contribution is -2.43. The number of benzene rings is 2. The van der Waals surface area contributed by atoms with Crippen LogP contribution in [0, 0.1) is 0 Å². The van der Waals surface area contributed by atoms with Crippen molar-refractivity contribution < 1.29 is 22.7 Å². The second kappa shape index (κ2) is 9.18. The van der Waals surface area contributed by atoms with Crippen LogP contribution in [-0.4, -0.2) is 38.3 Å². The van der Waals surface area contributed by atoms with Gasteiger partial charge in [0.25, 0.3) is 0 Å². The van der Waals surface area contributed by atoms with Gasteiger partial charge in [-0.3, -0.25) is 9.59 Å². The molecule has 2 aromatic rings. The Bertz CT molecular complexity index is 880. The average molecular weight is 390 g/mol. The molecule has 2 rings (SSSR count). The number of sulfone groups is 1. The molecule has 0 saturated carbocycles. The summed E-state index contributed by atoms with van der Waals surface area (Å²) >= 11 is 0. The summed E-state index contributed by atoms with van der Waals surface area (Å²) in [7, 11) is -3.24. The quantitative estimate of drug-likeness (QED) is 0.720. The molecule has 8 heteroatoms. The van der Waals surface area contributed by atoms with E-state index in [2.05, 4.69) is 10.6 Å². The van der Waals surface area contributed by atoms with Gasteiger partial charge in [0.05, 0.1) is 5.75 Å². The van der Waals surface area contributed by atoms with Crippen molar-refractivity contribution in [1.29, 1.82) is 0 Å². The molecule has 0 aliphatic rings. The van der Waals surface area contributed by atoms with Gasteiger partial charge < -0.3 is 15.4 Å². The third-order valence-electron chi connectivity index (χ3n) is 3.57. The van der Waals surface area contributed by atoms with Crippen LogP contribution in [0.1, 0.15) is 13.3 Å². The molecule has 7 nitrogen and oxygen atoms in total. The molecule has 27 heavy (non-hydrogen) atoms. The van der Waals surface area contributed by atoms with Crippen molar-refractivity contribution in [2.24, 2.45) is 0 Å². The maximum absolute atomic E-state index is 12.4. The predicted molar refractivity (Wildman–Crippen MR) is 104 cm³/mol. The average Bonchev–Trinajstić information content (AvgIpc) is 2.60. The number of para-hydroxylation sites is 1. The molecule has 0 spiro atoms. The number of ether oxygens (including phenoxy) is 1. The van der Waals surface area contributed by atoms with Gasteiger partial charge in [0.15, 0.2) is 0 Å². The Kier molecular flexibility index (Phi) is 6.95. The lowest BCUT2D eigenvalue weighted by Gasteiger charge is -2.17. The molecule has 144 valence electrons. The van der Waals surface area contributed by atoms with E-state index in [0.717, 1.165) is 6.26 Å². The van der Waals surface area contributed by atoms with Gasteiger partial charge in [-0.25, -0.2) is 8.42 Å². The molecule has 1 atom stereocenters. The second-order valence-electron chi connectivity index (χ2n) is 6.10. The SMILES string of the molecule is CC(=O)N[C@H](CCS(C)(=O)=O)C(=O)Nc1ccc(Oc2ccccc2)cc1. The monoisotopic (exact) mass is 390 g/mol. The van der Waals surface area contributed by atoms with E-state index in [1.165, 1.54) is 6.92 Å². The molecule has 0 heterocycles. The maximum Gasteiger partial charge on any atom is 0.246 e. The fourth-order valence-corrected chi connectivity index (χ4v) is 2.97. The number of anilines is 1. The van der Waals surface area contributed by atoms with Crippen LogP contribution in [0.25, 0.3) is 0 Å². The minimum atomic E-state index is -3.24. The van der Waals surface area contributed by atoms with E-state index in [1.807, 2.05) is 30.3 Å². The van der Waals surface area contributed by atoms with E-state index in [4.69, 9.17) is 4.74 Å². The van der Waals surface area contributed by atoms with Crippen molar-refractivity contribution in [3.8, 4) is 11.5 Å². The molecule has 0 unspecified atom stereocenters. The first kappa shape index (κ1) is 20.4. The molecule has 2 aromatic carbocycles. The first-order chi connectivity index (χ1) is 12.7. The Morgan fingerprint density at radius 1 is 1.00 bits per heavy atom. The standard InChI is InChI=1S/C19H22N2O5S/c1-14(22)20-18(12-13-27(2,24)25)19(23)21-15-8-10-17(11-9-15)26-16-6-4-3-5-7-16/h3-11,18H,12-13H2,1-2H3,(H,20,22)(H,21,23)/t18-/m1/s1. The lowest BCUT2D eigenvalue weighted by molar-refractivity contribution is -0.125. The molecule has 0 saturated heterocycles. The largest absolute Gasteiger partial charge is 0.457 e. The highest BCUT2D eigenvalue weighted by molar-refractivity contribution is 7.90. The summed E-state index contributed by atoms with van der Waals surface area (Å²) in [5.41, 5.74) is 0.509. The third kappa shape index (κ3) is 7.49. The fraction of sp³-hybridized carbons (Fsp3) is 0.263. The summed E-state index contributed by atoms with van der Waals surface area (Å²) in [6, 6.07) is 15.1. The maximum atomic E-state index is 12.4. The summed E-state index contributed by atoms with van der Waals surface area (Å²) in [5, 5.41) is 5.15. The molecule has 2 amide bonds. The van der Waals surface area contributed by atoms with Crippen LogP contribution in [0.3, 0.4) is 0 Å². The molecular weight excluding hydrogens is 368 g/mol. The number of amides is 2. The number of carbonyl (C=O) groups is 2. The first-order valence-corrected chi connectivity index (χ1v) is 10.4. The van der Waals surface area contributed by atoms with Crippen LogP contribution in [0.15, 0.2) is 54.6 Å². The highest BCUT2D eigenvalue weighted by Gasteiger charge is 2.21. The van der Waals surface area contributed by atoms with Gasteiger partial charge in [-0.05, 0) is 42.8 Å². The number of hydrogen-bond acceptors (Lipinski definition) is 5. The molecule has 0 radical (unpaired) electrons. The minimum Gasteiger partial charge on any atom is -0.457 e. The second-order valence-corrected chi connectivity index (χ2v) is 8.36. The highest BCUT2D eigenvalue weighted by atomic mass is 32.2. The summed E-state index contributed by atoms with van der Waals surface area (Å²) in [6.45, 7) is 1.27. The lowest BCUT2D eigenvalue weighted by atomic mass is 10.2. The van der Waals surface area contributed by atoms with E-state index in [9.17, 15) is 18.0 Å². The van der Waals surface area contributed by atoms with Crippen molar-refractivity contribution in [3.63, 3.8) is 0 Å². The van der Waals surface area contributed by atoms with Gasteiger partial charge >= 0.3 is 0 Å². The van der Waals surface area contributed by atoms with Gasteiger partial charge in [0.2, 0.25) is 11.8 Å². The van der Waals surface area contributed by atoms with Crippen molar-refractivity contribution in [1.82, 2.24) is 5.32 Å². The molecule has 2 N–H and O–H groups in total. The van der Waals surface area contributed by atoms with Gasteiger partial charge in [-0.15, -0.1) is 0 Å². The van der Waals surface area contributed by atoms with Gasteiger partial charge in [0.1, 0.15) is 27.4 Å². The zero-order valence-electron chi connectivity index (χ0n) is 15.1. The van der Waals surface area contributed by atoms with Crippen LogP contribution in [-0.2, 0) is 19.4 Å². The van der Waals surface area contributed by atoms with Crippen molar-refractivity contribution in [2.75, 3.05) is 17.3 Å². The molecule has 0 bridgehead atoms. The Balaban J connectivity index is 2.00. The molecule has 0 aromatic heterocycles. The number of hydrogen-bond donors (Lipinski definition) is 2. The van der Waals surface area contributed by atoms with Gasteiger partial charge in [0, 0.05) is 18.9 Å². The van der Waals surface area contributed by atoms with Gasteiger partial charge in [-0.1, -0.05) is 18.2 Å². The Labute approximate surface area is 158 Å². The van der Waals surface area contributed by atoms with Crippen LogP contribution in [0.2, 0.25) is 0 Å². The Hall–Kier alpha value is -2.87. The number of rotatable bonds is 8. The van der Waals surface area contributed by atoms with Crippen molar-refractivity contribution in [2.45, 2.75) is 19.4 Å². The number of carbonyl (C=O) groups excluding carboxylic acids is 2. The van der Waals surface area contributed by atoms with Crippen molar-refractivity contribution in [3.05, 3.63) is 54.6 Å². The normalized spacial score (nSPS) is 12.1. The molecular formula is C19H22N2O5S. The van der Waals surface area contributed by atoms with Crippen LogP contribution in [0.5, 0.6) is 11.5 Å². The molecule has 0 aliphatic heterocycles. The third-order valence-corrected chi connectivity index (χ3v) is 4.55. The van der Waals surface area contributed by atoms with Crippen LogP contribution in [0.4, 0.5) is 5.69 Å². The van der Waals surface area contributed by atoms with E-state index >= 15 is 0 Å². The molecule has 0 aliphatic carbocycles. The summed E-state index contributed by atoms with van der Waals surface area (Å²) in [5.74, 6) is 0.214. The highest BCUT2D eigenvalue weighted by Crippen LogP contribution is 2.22. The zero-order valence-corrected chi connectivity index (χ0v) is 16.0. The Morgan fingerprint density at radius 2 is 1.59 bits per heavy atom. The zero-order chi connectivity index (χ0) is 19.9. The smallest absolute Gasteiger partial charge is 0.246 e. The van der Waals surface area contributed by atoms with Crippen LogP contribution >= 0.6 is 0 Å². The van der Waals surface area contributed by atoms with E-state index in [0.29, 0.717) is 17.2 Å². The molecule has 0 fully saturated rings. The topological polar surface area (TPSA) is 102 Å². The number of nitrogens with one attached hydrogen (secondary N) is 2. The minimum absolute atomic E-state index is 0.000547. The van der Waals surface area contributed by atoms with E-state index < -0.39 is 27.7 Å². The predicted octanol–water partition coefficient (Wildman–Crippen LogP) is 2.36. The van der Waals surface area contributed by atoms with E-state index in [1.54, 1.807) is 24.3 Å². The summed E-state index contributed by atoms with van der Waals surface area (Å²) < 4.78 is 28.3. The fourth-order valence-electron chi connectivity index (χ4n) is 2.31. The summed E-state index contributed by atoms with van der Waals surface area (Å²) in [6.07, 6.45) is 1.08. The summed E-state index contributed by atoms with van der Waals surface area (Å²) in [4.78, 5) is 23.7.